The topological polar surface area (TPSA) is 9.23 Å². The fourth-order valence-corrected chi connectivity index (χ4v) is 4.02. The van der Waals surface area contributed by atoms with Crippen molar-refractivity contribution in [2.24, 2.45) is 11.3 Å². The van der Waals surface area contributed by atoms with Crippen LogP contribution in [0.1, 0.15) is 51.7 Å². The highest BCUT2D eigenvalue weighted by molar-refractivity contribution is 5.85. The molecule has 3 rings (SSSR count). The molecule has 0 saturated carbocycles. The Bertz CT molecular complexity index is 878. The van der Waals surface area contributed by atoms with Gasteiger partial charge in [-0.15, -0.1) is 0 Å². The number of rotatable bonds is 5. The van der Waals surface area contributed by atoms with Crippen molar-refractivity contribution in [2.45, 2.75) is 47.0 Å². The van der Waals surface area contributed by atoms with E-state index in [1.165, 1.54) is 13.2 Å². The van der Waals surface area contributed by atoms with Gasteiger partial charge in [-0.05, 0) is 71.6 Å². The standard InChI is InChI=1S/C24H28F2O/c1-15(2)11-16-12-18(20-7-6-10-24(20,3)4)23(22(26)13-16)19-14-17(27-5)8-9-21(19)25/h7-9,12-15H,6,10-11H2,1-5H3. The lowest BCUT2D eigenvalue weighted by Gasteiger charge is -2.26. The van der Waals surface area contributed by atoms with Gasteiger partial charge in [-0.1, -0.05) is 39.8 Å². The van der Waals surface area contributed by atoms with Crippen LogP contribution >= 0.6 is 0 Å². The molecular weight excluding hydrogens is 342 g/mol. The highest BCUT2D eigenvalue weighted by atomic mass is 19.1. The average molecular weight is 370 g/mol. The number of methoxy groups -OCH3 is 1. The molecular formula is C24H28F2O. The summed E-state index contributed by atoms with van der Waals surface area (Å²) in [4.78, 5) is 0. The van der Waals surface area contributed by atoms with E-state index in [2.05, 4.69) is 39.8 Å². The molecule has 0 N–H and O–H groups in total. The number of halogens is 2. The van der Waals surface area contributed by atoms with Gasteiger partial charge in [0.25, 0.3) is 0 Å². The van der Waals surface area contributed by atoms with Gasteiger partial charge in [0.1, 0.15) is 17.4 Å². The monoisotopic (exact) mass is 370 g/mol. The van der Waals surface area contributed by atoms with E-state index in [-0.39, 0.29) is 16.8 Å². The Morgan fingerprint density at radius 2 is 1.78 bits per heavy atom. The SMILES string of the molecule is COc1ccc(F)c(-c2c(F)cc(CC(C)C)cc2C2=CCCC2(C)C)c1. The van der Waals surface area contributed by atoms with Crippen LogP contribution in [-0.4, -0.2) is 7.11 Å². The van der Waals surface area contributed by atoms with Gasteiger partial charge >= 0.3 is 0 Å². The summed E-state index contributed by atoms with van der Waals surface area (Å²) in [7, 11) is 1.53. The molecule has 2 aromatic rings. The minimum absolute atomic E-state index is 0.0625. The molecule has 0 bridgehead atoms. The van der Waals surface area contributed by atoms with E-state index >= 15 is 4.39 Å². The van der Waals surface area contributed by atoms with Gasteiger partial charge in [-0.3, -0.25) is 0 Å². The fraction of sp³-hybridized carbons (Fsp3) is 0.417. The van der Waals surface area contributed by atoms with Crippen LogP contribution in [0.2, 0.25) is 0 Å². The lowest BCUT2D eigenvalue weighted by Crippen LogP contribution is -2.11. The molecule has 0 saturated heterocycles. The Hall–Kier alpha value is -2.16. The second kappa shape index (κ2) is 7.46. The van der Waals surface area contributed by atoms with Crippen molar-refractivity contribution in [3.8, 4) is 16.9 Å². The predicted octanol–water partition coefficient (Wildman–Crippen LogP) is 7.04. The Kier molecular flexibility index (Phi) is 5.41. The third-order valence-electron chi connectivity index (χ3n) is 5.37. The molecule has 27 heavy (non-hydrogen) atoms. The highest BCUT2D eigenvalue weighted by Gasteiger charge is 2.31. The summed E-state index contributed by atoms with van der Waals surface area (Å²) in [6.45, 7) is 8.58. The molecule has 1 nitrogen and oxygen atoms in total. The molecule has 0 atom stereocenters. The Balaban J connectivity index is 2.27. The van der Waals surface area contributed by atoms with Crippen molar-refractivity contribution in [1.82, 2.24) is 0 Å². The smallest absolute Gasteiger partial charge is 0.132 e. The normalized spacial score (nSPS) is 15.9. The zero-order chi connectivity index (χ0) is 19.8. The minimum atomic E-state index is -0.441. The second-order valence-corrected chi connectivity index (χ2v) is 8.48. The Labute approximate surface area is 161 Å². The van der Waals surface area contributed by atoms with Crippen molar-refractivity contribution in [3.05, 3.63) is 59.2 Å². The highest BCUT2D eigenvalue weighted by Crippen LogP contribution is 2.48. The average Bonchev–Trinajstić information content (AvgIpc) is 2.94. The Morgan fingerprint density at radius 1 is 1.04 bits per heavy atom. The first-order valence-corrected chi connectivity index (χ1v) is 9.60. The first kappa shape index (κ1) is 19.6. The molecule has 0 unspecified atom stereocenters. The van der Waals surface area contributed by atoms with Gasteiger partial charge in [0.05, 0.1) is 7.11 Å². The lowest BCUT2D eigenvalue weighted by molar-refractivity contribution is 0.414. The van der Waals surface area contributed by atoms with Crippen LogP contribution in [0.4, 0.5) is 8.78 Å². The van der Waals surface area contributed by atoms with Crippen LogP contribution in [0, 0.1) is 23.0 Å². The molecule has 1 aliphatic rings. The summed E-state index contributed by atoms with van der Waals surface area (Å²) in [5.74, 6) is 0.118. The number of benzene rings is 2. The van der Waals surface area contributed by atoms with Gasteiger partial charge in [-0.25, -0.2) is 8.78 Å². The maximum absolute atomic E-state index is 15.3. The summed E-state index contributed by atoms with van der Waals surface area (Å²) < 4.78 is 35.3. The molecule has 0 fully saturated rings. The van der Waals surface area contributed by atoms with Crippen LogP contribution in [0.3, 0.4) is 0 Å². The van der Waals surface area contributed by atoms with E-state index < -0.39 is 5.82 Å². The molecule has 144 valence electrons. The van der Waals surface area contributed by atoms with Gasteiger partial charge in [0.2, 0.25) is 0 Å². The van der Waals surface area contributed by atoms with Gasteiger partial charge in [-0.2, -0.15) is 0 Å². The van der Waals surface area contributed by atoms with E-state index in [1.807, 2.05) is 0 Å². The van der Waals surface area contributed by atoms with Crippen LogP contribution in [0.25, 0.3) is 16.7 Å². The molecule has 3 heteroatoms. The molecule has 2 aromatic carbocycles. The van der Waals surface area contributed by atoms with Crippen molar-refractivity contribution in [2.75, 3.05) is 7.11 Å². The number of allylic oxidation sites excluding steroid dienone is 2. The number of hydrogen-bond acceptors (Lipinski definition) is 1. The molecule has 0 radical (unpaired) electrons. The molecule has 1 aliphatic carbocycles. The lowest BCUT2D eigenvalue weighted by atomic mass is 9.78. The zero-order valence-corrected chi connectivity index (χ0v) is 16.8. The second-order valence-electron chi connectivity index (χ2n) is 8.48. The third-order valence-corrected chi connectivity index (χ3v) is 5.37. The van der Waals surface area contributed by atoms with Crippen LogP contribution in [0.5, 0.6) is 5.75 Å². The maximum atomic E-state index is 15.3. The van der Waals surface area contributed by atoms with Crippen molar-refractivity contribution in [1.29, 1.82) is 0 Å². The predicted molar refractivity (Wildman–Crippen MR) is 108 cm³/mol. The van der Waals surface area contributed by atoms with Crippen molar-refractivity contribution < 1.29 is 13.5 Å². The van der Waals surface area contributed by atoms with Crippen LogP contribution < -0.4 is 4.74 Å². The minimum Gasteiger partial charge on any atom is -0.497 e. The first-order valence-electron chi connectivity index (χ1n) is 9.60. The summed E-state index contributed by atoms with van der Waals surface area (Å²) >= 11 is 0. The van der Waals surface area contributed by atoms with E-state index in [1.54, 1.807) is 18.2 Å². The molecule has 0 amide bonds. The molecule has 0 aliphatic heterocycles. The first-order chi connectivity index (χ1) is 12.7. The van der Waals surface area contributed by atoms with E-state index in [4.69, 9.17) is 4.74 Å². The van der Waals surface area contributed by atoms with E-state index in [0.29, 0.717) is 17.2 Å². The largest absolute Gasteiger partial charge is 0.497 e. The summed E-state index contributed by atoms with van der Waals surface area (Å²) in [6.07, 6.45) is 4.94. The van der Waals surface area contributed by atoms with Gasteiger partial charge < -0.3 is 4.74 Å². The van der Waals surface area contributed by atoms with Crippen LogP contribution in [0.15, 0.2) is 36.4 Å². The zero-order valence-electron chi connectivity index (χ0n) is 16.8. The summed E-state index contributed by atoms with van der Waals surface area (Å²) in [5.41, 5.74) is 3.38. The molecule has 0 heterocycles. The molecule has 0 aromatic heterocycles. The number of ether oxygens (including phenoxy) is 1. The van der Waals surface area contributed by atoms with Gasteiger partial charge in [0.15, 0.2) is 0 Å². The van der Waals surface area contributed by atoms with E-state index in [9.17, 15) is 4.39 Å². The third kappa shape index (κ3) is 3.92. The number of hydrogen-bond donors (Lipinski definition) is 0. The fourth-order valence-electron chi connectivity index (χ4n) is 4.02. The van der Waals surface area contributed by atoms with Gasteiger partial charge in [0, 0.05) is 11.1 Å². The van der Waals surface area contributed by atoms with Crippen molar-refractivity contribution >= 4 is 5.57 Å². The molecule has 0 spiro atoms. The Morgan fingerprint density at radius 3 is 2.37 bits per heavy atom. The maximum Gasteiger partial charge on any atom is 0.132 e. The summed E-state index contributed by atoms with van der Waals surface area (Å²) in [5, 5.41) is 0. The quantitative estimate of drug-likeness (QED) is 0.548. The van der Waals surface area contributed by atoms with Crippen molar-refractivity contribution in [3.63, 3.8) is 0 Å². The van der Waals surface area contributed by atoms with E-state index in [0.717, 1.165) is 36.0 Å². The summed E-state index contributed by atoms with van der Waals surface area (Å²) in [6, 6.07) is 8.09. The van der Waals surface area contributed by atoms with Crippen LogP contribution in [-0.2, 0) is 6.42 Å².